The Bertz CT molecular complexity index is 454. The van der Waals surface area contributed by atoms with Crippen molar-refractivity contribution in [3.63, 3.8) is 0 Å². The predicted octanol–water partition coefficient (Wildman–Crippen LogP) is 3.37. The highest BCUT2D eigenvalue weighted by atomic mass is 15.2. The van der Waals surface area contributed by atoms with E-state index in [0.29, 0.717) is 5.54 Å². The minimum Gasteiger partial charge on any atom is -0.317 e. The molecular weight excluding hydrogens is 244 g/mol. The van der Waals surface area contributed by atoms with Crippen molar-refractivity contribution in [1.29, 1.82) is 0 Å². The van der Waals surface area contributed by atoms with Crippen LogP contribution in [0.1, 0.15) is 48.8 Å². The molecule has 3 rings (SSSR count). The highest BCUT2D eigenvalue weighted by molar-refractivity contribution is 5.35. The molecule has 2 heterocycles. The van der Waals surface area contributed by atoms with E-state index in [-0.39, 0.29) is 0 Å². The van der Waals surface area contributed by atoms with Crippen LogP contribution in [0.15, 0.2) is 18.2 Å². The summed E-state index contributed by atoms with van der Waals surface area (Å²) in [4.78, 5) is 2.79. The molecular formula is C18H28N2. The van der Waals surface area contributed by atoms with Crippen LogP contribution in [0.25, 0.3) is 0 Å². The first-order valence-corrected chi connectivity index (χ1v) is 8.26. The maximum atomic E-state index is 3.55. The number of hydrogen-bond acceptors (Lipinski definition) is 2. The van der Waals surface area contributed by atoms with E-state index in [4.69, 9.17) is 0 Å². The van der Waals surface area contributed by atoms with E-state index in [1.807, 2.05) is 0 Å². The fourth-order valence-corrected chi connectivity index (χ4v) is 3.98. The van der Waals surface area contributed by atoms with Crippen molar-refractivity contribution in [2.45, 2.75) is 51.5 Å². The van der Waals surface area contributed by atoms with Gasteiger partial charge in [-0.15, -0.1) is 0 Å². The van der Waals surface area contributed by atoms with Crippen LogP contribution in [-0.4, -0.2) is 31.1 Å². The predicted molar refractivity (Wildman–Crippen MR) is 85.1 cm³/mol. The summed E-state index contributed by atoms with van der Waals surface area (Å²) >= 11 is 0. The van der Waals surface area contributed by atoms with Gasteiger partial charge in [-0.3, -0.25) is 4.90 Å². The second-order valence-electron chi connectivity index (χ2n) is 6.63. The summed E-state index contributed by atoms with van der Waals surface area (Å²) in [5.41, 5.74) is 4.71. The second kappa shape index (κ2) is 5.87. The Kier molecular flexibility index (Phi) is 4.13. The number of benzene rings is 1. The largest absolute Gasteiger partial charge is 0.317 e. The van der Waals surface area contributed by atoms with Gasteiger partial charge in [-0.1, -0.05) is 24.6 Å². The standard InChI is InChI=1S/C18H28N2/c1-15-6-7-17(14-16(15)2)18(8-10-19-11-9-18)20-12-4-3-5-13-20/h6-7,14,19H,3-5,8-13H2,1-2H3. The molecule has 20 heavy (non-hydrogen) atoms. The third kappa shape index (κ3) is 2.51. The SMILES string of the molecule is Cc1ccc(C2(N3CCCCC3)CCNCC2)cc1C. The molecule has 0 amide bonds. The molecule has 0 spiro atoms. The lowest BCUT2D eigenvalue weighted by Crippen LogP contribution is -2.53. The number of nitrogens with zero attached hydrogens (tertiary/aromatic N) is 1. The molecule has 1 aromatic rings. The van der Waals surface area contributed by atoms with Crippen molar-refractivity contribution in [1.82, 2.24) is 10.2 Å². The summed E-state index contributed by atoms with van der Waals surface area (Å²) in [6.07, 6.45) is 6.68. The molecule has 2 aliphatic heterocycles. The van der Waals surface area contributed by atoms with E-state index >= 15 is 0 Å². The molecule has 1 aromatic carbocycles. The van der Waals surface area contributed by atoms with Gasteiger partial charge in [-0.25, -0.2) is 0 Å². The Morgan fingerprint density at radius 3 is 2.30 bits per heavy atom. The topological polar surface area (TPSA) is 15.3 Å². The Morgan fingerprint density at radius 2 is 1.65 bits per heavy atom. The van der Waals surface area contributed by atoms with Crippen LogP contribution >= 0.6 is 0 Å². The van der Waals surface area contributed by atoms with Gasteiger partial charge in [0.2, 0.25) is 0 Å². The molecule has 2 heteroatoms. The lowest BCUT2D eigenvalue weighted by molar-refractivity contribution is 0.0359. The second-order valence-corrected chi connectivity index (χ2v) is 6.63. The van der Waals surface area contributed by atoms with Crippen molar-refractivity contribution in [3.8, 4) is 0 Å². The lowest BCUT2D eigenvalue weighted by Gasteiger charge is -2.49. The van der Waals surface area contributed by atoms with Crippen molar-refractivity contribution < 1.29 is 0 Å². The maximum Gasteiger partial charge on any atom is 0.0484 e. The number of likely N-dealkylation sites (tertiary alicyclic amines) is 1. The van der Waals surface area contributed by atoms with E-state index in [2.05, 4.69) is 42.3 Å². The highest BCUT2D eigenvalue weighted by Gasteiger charge is 2.39. The summed E-state index contributed by atoms with van der Waals surface area (Å²) in [6.45, 7) is 9.35. The van der Waals surface area contributed by atoms with Gasteiger partial charge in [0.25, 0.3) is 0 Å². The molecule has 0 aliphatic carbocycles. The molecule has 0 aromatic heterocycles. The van der Waals surface area contributed by atoms with Crippen LogP contribution in [0.5, 0.6) is 0 Å². The van der Waals surface area contributed by atoms with E-state index in [0.717, 1.165) is 13.1 Å². The molecule has 2 aliphatic rings. The van der Waals surface area contributed by atoms with Gasteiger partial charge in [-0.2, -0.15) is 0 Å². The summed E-state index contributed by atoms with van der Waals surface area (Å²) in [5.74, 6) is 0. The minimum absolute atomic E-state index is 0.296. The first kappa shape index (κ1) is 14.1. The summed E-state index contributed by atoms with van der Waals surface area (Å²) < 4.78 is 0. The van der Waals surface area contributed by atoms with Crippen molar-refractivity contribution in [2.24, 2.45) is 0 Å². The smallest absolute Gasteiger partial charge is 0.0484 e. The molecule has 2 fully saturated rings. The zero-order valence-electron chi connectivity index (χ0n) is 13.0. The monoisotopic (exact) mass is 272 g/mol. The minimum atomic E-state index is 0.296. The summed E-state index contributed by atoms with van der Waals surface area (Å²) in [7, 11) is 0. The zero-order valence-corrected chi connectivity index (χ0v) is 13.0. The number of hydrogen-bond donors (Lipinski definition) is 1. The highest BCUT2D eigenvalue weighted by Crippen LogP contribution is 2.39. The van der Waals surface area contributed by atoms with Gasteiger partial charge in [0, 0.05) is 5.54 Å². The third-order valence-electron chi connectivity index (χ3n) is 5.44. The fourth-order valence-electron chi connectivity index (χ4n) is 3.98. The van der Waals surface area contributed by atoms with Gasteiger partial charge in [0.15, 0.2) is 0 Å². The van der Waals surface area contributed by atoms with Gasteiger partial charge in [0.05, 0.1) is 0 Å². The Morgan fingerprint density at radius 1 is 0.950 bits per heavy atom. The van der Waals surface area contributed by atoms with Crippen molar-refractivity contribution in [3.05, 3.63) is 34.9 Å². The molecule has 0 saturated carbocycles. The molecule has 0 atom stereocenters. The van der Waals surface area contributed by atoms with E-state index in [1.165, 1.54) is 56.3 Å². The normalized spacial score (nSPS) is 23.7. The van der Waals surface area contributed by atoms with E-state index < -0.39 is 0 Å². The average Bonchev–Trinajstić information content (AvgIpc) is 2.51. The Balaban J connectivity index is 1.97. The van der Waals surface area contributed by atoms with Crippen LogP contribution < -0.4 is 5.32 Å². The van der Waals surface area contributed by atoms with Crippen LogP contribution in [0.3, 0.4) is 0 Å². The summed E-state index contributed by atoms with van der Waals surface area (Å²) in [6, 6.07) is 7.16. The first-order chi connectivity index (χ1) is 9.72. The third-order valence-corrected chi connectivity index (χ3v) is 5.44. The number of rotatable bonds is 2. The summed E-state index contributed by atoms with van der Waals surface area (Å²) in [5, 5.41) is 3.55. The molecule has 0 radical (unpaired) electrons. The fraction of sp³-hybridized carbons (Fsp3) is 0.667. The van der Waals surface area contributed by atoms with Crippen LogP contribution in [0.4, 0.5) is 0 Å². The zero-order chi connectivity index (χ0) is 14.0. The van der Waals surface area contributed by atoms with Crippen molar-refractivity contribution in [2.75, 3.05) is 26.2 Å². The van der Waals surface area contributed by atoms with Gasteiger partial charge < -0.3 is 5.32 Å². The number of piperidine rings is 2. The Labute approximate surface area is 123 Å². The van der Waals surface area contributed by atoms with Crippen molar-refractivity contribution >= 4 is 0 Å². The van der Waals surface area contributed by atoms with Crippen LogP contribution in [0, 0.1) is 13.8 Å². The molecule has 110 valence electrons. The molecule has 2 saturated heterocycles. The first-order valence-electron chi connectivity index (χ1n) is 8.26. The van der Waals surface area contributed by atoms with E-state index in [1.54, 1.807) is 5.56 Å². The average molecular weight is 272 g/mol. The van der Waals surface area contributed by atoms with E-state index in [9.17, 15) is 0 Å². The molecule has 1 N–H and O–H groups in total. The molecule has 0 unspecified atom stereocenters. The maximum absolute atomic E-state index is 3.55. The van der Waals surface area contributed by atoms with Gasteiger partial charge in [0.1, 0.15) is 0 Å². The Hall–Kier alpha value is -0.860. The number of aryl methyl sites for hydroxylation is 2. The molecule has 2 nitrogen and oxygen atoms in total. The number of nitrogens with one attached hydrogen (secondary N) is 1. The lowest BCUT2D eigenvalue weighted by atomic mass is 9.78. The van der Waals surface area contributed by atoms with Gasteiger partial charge in [-0.05, 0) is 82.4 Å². The van der Waals surface area contributed by atoms with Crippen LogP contribution in [0.2, 0.25) is 0 Å². The quantitative estimate of drug-likeness (QED) is 0.888. The van der Waals surface area contributed by atoms with Crippen LogP contribution in [-0.2, 0) is 5.54 Å². The van der Waals surface area contributed by atoms with Gasteiger partial charge >= 0.3 is 0 Å². The molecule has 0 bridgehead atoms.